The van der Waals surface area contributed by atoms with Crippen molar-refractivity contribution in [3.8, 4) is 0 Å². The van der Waals surface area contributed by atoms with Crippen molar-refractivity contribution in [3.05, 3.63) is 59.9 Å². The molecular weight excluding hydrogens is 652 g/mol. The van der Waals surface area contributed by atoms with Crippen molar-refractivity contribution in [1.29, 1.82) is 0 Å². The summed E-state index contributed by atoms with van der Waals surface area (Å²) >= 11 is 0. The highest BCUT2D eigenvalue weighted by atomic mass is 16.4. The van der Waals surface area contributed by atoms with Crippen LogP contribution < -0.4 is 10.6 Å². The molecule has 2 heterocycles. The molecule has 2 saturated carbocycles. The summed E-state index contributed by atoms with van der Waals surface area (Å²) in [5, 5.41) is 36.5. The van der Waals surface area contributed by atoms with Gasteiger partial charge in [0.2, 0.25) is 11.8 Å². The fraction of sp³-hybridized carbons (Fsp3) is 0.553. The minimum atomic E-state index is -1.61. The molecule has 1 saturated heterocycles. The Morgan fingerprint density at radius 2 is 1.65 bits per heavy atom. The standard InChI is InChI=1S/C38H48N6O7/c1-37(2,51)31-22-39-42-44(31)28-21-30(34(47)41-38(32(45)36(49)50)17-9-4-10-18-38)43(23-28)35(48)29(19-24-11-5-3-6-12-24)40-33(46)27-16-15-25-13-7-8-14-26(25)20-27/h7-8,13-16,20,22,24,28-30,51H,3-6,9-12,17-19,21,23H2,1-2H3,(H,40,46)(H,41,47)(H,49,50)/t28-,29+,30-/m0/s1. The predicted octanol–water partition coefficient (Wildman–Crippen LogP) is 4.04. The second-order valence-corrected chi connectivity index (χ2v) is 15.1. The molecule has 6 rings (SSSR count). The van der Waals surface area contributed by atoms with Crippen molar-refractivity contribution in [3.63, 3.8) is 0 Å². The second kappa shape index (κ2) is 14.9. The van der Waals surface area contributed by atoms with Crippen LogP contribution in [-0.2, 0) is 24.8 Å². The van der Waals surface area contributed by atoms with Gasteiger partial charge in [0.15, 0.2) is 0 Å². The van der Waals surface area contributed by atoms with E-state index in [0.717, 1.165) is 49.3 Å². The van der Waals surface area contributed by atoms with E-state index in [-0.39, 0.29) is 31.7 Å². The number of rotatable bonds is 11. The van der Waals surface area contributed by atoms with Crippen LogP contribution in [0.1, 0.15) is 113 Å². The Morgan fingerprint density at radius 3 is 2.33 bits per heavy atom. The maximum atomic E-state index is 14.8. The molecular formula is C38H48N6O7. The number of amides is 3. The number of hydrogen-bond acceptors (Lipinski definition) is 8. The molecule has 13 heteroatoms. The van der Waals surface area contributed by atoms with Crippen LogP contribution in [0.4, 0.5) is 0 Å². The lowest BCUT2D eigenvalue weighted by Crippen LogP contribution is -2.62. The van der Waals surface area contributed by atoms with Gasteiger partial charge in [-0.15, -0.1) is 5.10 Å². The van der Waals surface area contributed by atoms with E-state index in [0.29, 0.717) is 30.5 Å². The van der Waals surface area contributed by atoms with E-state index in [1.54, 1.807) is 26.0 Å². The Balaban J connectivity index is 1.33. The first kappa shape index (κ1) is 36.2. The normalized spacial score (nSPS) is 21.6. The van der Waals surface area contributed by atoms with Gasteiger partial charge in [-0.2, -0.15) is 0 Å². The highest BCUT2D eigenvalue weighted by Gasteiger charge is 2.49. The smallest absolute Gasteiger partial charge is 0.374 e. The van der Waals surface area contributed by atoms with E-state index in [2.05, 4.69) is 20.9 Å². The van der Waals surface area contributed by atoms with Crippen molar-refractivity contribution < 1.29 is 34.2 Å². The zero-order chi connectivity index (χ0) is 36.3. The lowest BCUT2D eigenvalue weighted by atomic mass is 9.78. The third-order valence-electron chi connectivity index (χ3n) is 11.0. The zero-order valence-electron chi connectivity index (χ0n) is 29.3. The number of benzene rings is 2. The van der Waals surface area contributed by atoms with Gasteiger partial charge in [-0.1, -0.05) is 86.9 Å². The van der Waals surface area contributed by atoms with Crippen molar-refractivity contribution in [1.82, 2.24) is 30.5 Å². The number of likely N-dealkylation sites (tertiary alicyclic amines) is 1. The molecule has 2 aliphatic carbocycles. The van der Waals surface area contributed by atoms with Crippen LogP contribution >= 0.6 is 0 Å². The lowest BCUT2D eigenvalue weighted by molar-refractivity contribution is -0.154. The Bertz CT molecular complexity index is 1790. The van der Waals surface area contributed by atoms with Crippen molar-refractivity contribution in [2.75, 3.05) is 6.54 Å². The molecule has 3 amide bonds. The summed E-state index contributed by atoms with van der Waals surface area (Å²) < 4.78 is 1.52. The Kier molecular flexibility index (Phi) is 10.6. The molecule has 0 radical (unpaired) electrons. The van der Waals surface area contributed by atoms with Gasteiger partial charge in [-0.3, -0.25) is 19.2 Å². The van der Waals surface area contributed by atoms with E-state index in [9.17, 15) is 34.2 Å². The molecule has 1 aliphatic heterocycles. The third kappa shape index (κ3) is 7.83. The first-order valence-corrected chi connectivity index (χ1v) is 18.2. The van der Waals surface area contributed by atoms with E-state index in [1.807, 2.05) is 30.3 Å². The van der Waals surface area contributed by atoms with E-state index in [4.69, 9.17) is 0 Å². The highest BCUT2D eigenvalue weighted by Crippen LogP contribution is 2.35. The Morgan fingerprint density at radius 1 is 0.961 bits per heavy atom. The number of carboxylic acids is 1. The van der Waals surface area contributed by atoms with Gasteiger partial charge in [0.1, 0.15) is 23.2 Å². The summed E-state index contributed by atoms with van der Waals surface area (Å²) in [6.45, 7) is 3.21. The molecule has 2 aromatic carbocycles. The minimum Gasteiger partial charge on any atom is -0.475 e. The van der Waals surface area contributed by atoms with Crippen molar-refractivity contribution >= 4 is 40.2 Å². The molecule has 3 atom stereocenters. The number of fused-ring (bicyclic) bond motifs is 1. The first-order chi connectivity index (χ1) is 24.4. The van der Waals surface area contributed by atoms with Gasteiger partial charge < -0.3 is 25.7 Å². The van der Waals surface area contributed by atoms with Crippen LogP contribution in [-0.4, -0.2) is 83.7 Å². The van der Waals surface area contributed by atoms with Crippen LogP contribution in [0.2, 0.25) is 0 Å². The fourth-order valence-corrected chi connectivity index (χ4v) is 8.27. The van der Waals surface area contributed by atoms with Gasteiger partial charge in [0.05, 0.1) is 17.9 Å². The van der Waals surface area contributed by atoms with Gasteiger partial charge >= 0.3 is 5.97 Å². The van der Waals surface area contributed by atoms with E-state index in [1.165, 1.54) is 15.8 Å². The van der Waals surface area contributed by atoms with Gasteiger partial charge in [0, 0.05) is 18.5 Å². The molecule has 3 fully saturated rings. The molecule has 3 aromatic rings. The van der Waals surface area contributed by atoms with Gasteiger partial charge in [-0.05, 0) is 61.9 Å². The average molecular weight is 701 g/mol. The van der Waals surface area contributed by atoms with Crippen LogP contribution in [0, 0.1) is 5.92 Å². The number of Topliss-reactive ketones (excluding diaryl/α,β-unsaturated/α-hetero) is 1. The average Bonchev–Trinajstić information content (AvgIpc) is 3.80. The number of aliphatic hydroxyl groups is 1. The van der Waals surface area contributed by atoms with Crippen molar-refractivity contribution in [2.45, 2.75) is 120 Å². The maximum Gasteiger partial charge on any atom is 0.374 e. The molecule has 0 unspecified atom stereocenters. The number of nitrogens with zero attached hydrogens (tertiary/aromatic N) is 4. The van der Waals surface area contributed by atoms with Crippen molar-refractivity contribution in [2.24, 2.45) is 5.92 Å². The monoisotopic (exact) mass is 700 g/mol. The van der Waals surface area contributed by atoms with Crippen LogP contribution in [0.25, 0.3) is 10.8 Å². The number of hydrogen-bond donors (Lipinski definition) is 4. The Labute approximate surface area is 297 Å². The fourth-order valence-electron chi connectivity index (χ4n) is 8.27. The highest BCUT2D eigenvalue weighted by molar-refractivity contribution is 6.36. The summed E-state index contributed by atoms with van der Waals surface area (Å²) in [5.74, 6) is -3.96. The summed E-state index contributed by atoms with van der Waals surface area (Å²) in [4.78, 5) is 69.4. The molecule has 272 valence electrons. The number of carbonyl (C=O) groups excluding carboxylic acids is 4. The summed E-state index contributed by atoms with van der Waals surface area (Å²) in [5.41, 5.74) is -2.09. The lowest BCUT2D eigenvalue weighted by Gasteiger charge is -2.37. The zero-order valence-corrected chi connectivity index (χ0v) is 29.3. The topological polar surface area (TPSA) is 184 Å². The van der Waals surface area contributed by atoms with Crippen LogP contribution in [0.3, 0.4) is 0 Å². The maximum absolute atomic E-state index is 14.8. The molecule has 51 heavy (non-hydrogen) atoms. The molecule has 4 N–H and O–H groups in total. The minimum absolute atomic E-state index is 0.0241. The third-order valence-corrected chi connectivity index (χ3v) is 11.0. The Hall–Kier alpha value is -4.65. The van der Waals surface area contributed by atoms with E-state index < -0.39 is 58.7 Å². The number of aromatic nitrogens is 3. The largest absolute Gasteiger partial charge is 0.475 e. The number of aliphatic carboxylic acids is 1. The quantitative estimate of drug-likeness (QED) is 0.215. The second-order valence-electron chi connectivity index (χ2n) is 15.1. The number of carbonyl (C=O) groups is 5. The number of carboxylic acid groups (broad SMARTS) is 1. The molecule has 3 aliphatic rings. The van der Waals surface area contributed by atoms with Crippen LogP contribution in [0.5, 0.6) is 0 Å². The van der Waals surface area contributed by atoms with Crippen LogP contribution in [0.15, 0.2) is 48.7 Å². The SMILES string of the molecule is CC(C)(O)c1cnnn1[C@H]1C[C@@H](C(=O)NC2(C(=O)C(=O)O)CCCCC2)N(C(=O)[C@@H](CC2CCCCC2)NC(=O)c2ccc3ccccc3c2)C1. The summed E-state index contributed by atoms with van der Waals surface area (Å²) in [6.07, 6.45) is 9.30. The van der Waals surface area contributed by atoms with Gasteiger partial charge in [-0.25, -0.2) is 9.48 Å². The molecule has 0 spiro atoms. The van der Waals surface area contributed by atoms with Gasteiger partial charge in [0.25, 0.3) is 11.7 Å². The molecule has 13 nitrogen and oxygen atoms in total. The summed E-state index contributed by atoms with van der Waals surface area (Å²) in [7, 11) is 0. The number of nitrogens with one attached hydrogen (secondary N) is 2. The summed E-state index contributed by atoms with van der Waals surface area (Å²) in [6, 6.07) is 10.5. The number of ketones is 1. The van der Waals surface area contributed by atoms with E-state index >= 15 is 0 Å². The predicted molar refractivity (Wildman–Crippen MR) is 187 cm³/mol. The molecule has 1 aromatic heterocycles. The first-order valence-electron chi connectivity index (χ1n) is 18.2. The molecule has 0 bridgehead atoms.